The van der Waals surface area contributed by atoms with E-state index in [1.54, 1.807) is 12.1 Å². The SMILES string of the molecule is CC(C)(C)[Si](C)(C)Oc1cccc(C(=N)N)c1.CC(C)(C)[Si](C)(C)Oc1cccc(C(N)=NO)c1. The standard InChI is InChI=1S/C13H22N2O2Si.C13H22N2OSi/c1-13(2,3)18(4,5)17-11-8-6-7-10(9-11)12(14)15-16;1-13(2,3)17(4,5)16-11-8-6-7-10(9-11)12(14)15/h6-9,16H,1-5H3,(H2,14,15);6-9H,1-5H3,(H3,14,15). The molecule has 0 aliphatic rings. The number of amidine groups is 2. The molecule has 2 aromatic rings. The molecule has 194 valence electrons. The van der Waals surface area contributed by atoms with Crippen LogP contribution in [0.4, 0.5) is 0 Å². The Morgan fingerprint density at radius 2 is 1.14 bits per heavy atom. The van der Waals surface area contributed by atoms with Gasteiger partial charge in [0.05, 0.1) is 0 Å². The molecular formula is C26H44N4O3Si2. The van der Waals surface area contributed by atoms with Crippen molar-refractivity contribution in [2.24, 2.45) is 16.6 Å². The van der Waals surface area contributed by atoms with Crippen LogP contribution in [0.5, 0.6) is 11.5 Å². The van der Waals surface area contributed by atoms with Crippen LogP contribution in [0.25, 0.3) is 0 Å². The van der Waals surface area contributed by atoms with E-state index in [4.69, 9.17) is 30.9 Å². The molecule has 0 fully saturated rings. The predicted molar refractivity (Wildman–Crippen MR) is 152 cm³/mol. The maximum atomic E-state index is 8.67. The van der Waals surface area contributed by atoms with E-state index in [1.165, 1.54) is 0 Å². The Kier molecular flexibility index (Phi) is 9.77. The highest BCUT2D eigenvalue weighted by Crippen LogP contribution is 2.38. The molecule has 0 atom stereocenters. The van der Waals surface area contributed by atoms with Crippen LogP contribution < -0.4 is 20.3 Å². The molecule has 0 radical (unpaired) electrons. The lowest BCUT2D eigenvalue weighted by Gasteiger charge is -2.36. The fourth-order valence-corrected chi connectivity index (χ4v) is 4.44. The van der Waals surface area contributed by atoms with Crippen LogP contribution in [-0.4, -0.2) is 33.5 Å². The number of nitrogens with one attached hydrogen (secondary N) is 1. The minimum absolute atomic E-state index is 0.0747. The zero-order valence-electron chi connectivity index (χ0n) is 23.0. The minimum Gasteiger partial charge on any atom is -0.543 e. The highest BCUT2D eigenvalue weighted by Gasteiger charge is 2.39. The topological polar surface area (TPSA) is 127 Å². The number of oxime groups is 1. The molecule has 9 heteroatoms. The van der Waals surface area contributed by atoms with Crippen LogP contribution in [0.1, 0.15) is 52.7 Å². The van der Waals surface area contributed by atoms with E-state index in [1.807, 2.05) is 36.4 Å². The number of nitrogens with two attached hydrogens (primary N) is 2. The van der Waals surface area contributed by atoms with E-state index in [0.29, 0.717) is 11.1 Å². The summed E-state index contributed by atoms with van der Waals surface area (Å²) in [4.78, 5) is 0. The van der Waals surface area contributed by atoms with E-state index in [2.05, 4.69) is 72.9 Å². The smallest absolute Gasteiger partial charge is 0.250 e. The largest absolute Gasteiger partial charge is 0.543 e. The molecule has 7 nitrogen and oxygen atoms in total. The molecule has 0 aliphatic carbocycles. The van der Waals surface area contributed by atoms with E-state index >= 15 is 0 Å². The Hall–Kier alpha value is -2.79. The molecule has 2 aromatic carbocycles. The van der Waals surface area contributed by atoms with Crippen molar-refractivity contribution in [3.8, 4) is 11.5 Å². The molecule has 35 heavy (non-hydrogen) atoms. The molecule has 0 amide bonds. The normalized spacial score (nSPS) is 12.9. The van der Waals surface area contributed by atoms with Crippen molar-refractivity contribution < 1.29 is 14.1 Å². The number of nitrogen functional groups attached to an aromatic ring is 1. The second kappa shape index (κ2) is 11.3. The molecule has 0 saturated heterocycles. The molecule has 0 heterocycles. The van der Waals surface area contributed by atoms with Gasteiger partial charge in [0, 0.05) is 11.1 Å². The van der Waals surface area contributed by atoms with Gasteiger partial charge in [-0.1, -0.05) is 71.0 Å². The Bertz CT molecular complexity index is 1040. The quantitative estimate of drug-likeness (QED) is 0.114. The van der Waals surface area contributed by atoms with Gasteiger partial charge < -0.3 is 25.5 Å². The third-order valence-corrected chi connectivity index (χ3v) is 15.5. The van der Waals surface area contributed by atoms with Crippen LogP contribution in [-0.2, 0) is 0 Å². The zero-order chi connectivity index (χ0) is 27.2. The Balaban J connectivity index is 0.000000351. The minimum atomic E-state index is -1.86. The number of nitrogens with zero attached hydrogens (tertiary/aromatic N) is 1. The second-order valence-corrected chi connectivity index (χ2v) is 21.1. The summed E-state index contributed by atoms with van der Waals surface area (Å²) in [6.07, 6.45) is 0. The number of benzene rings is 2. The first-order valence-electron chi connectivity index (χ1n) is 11.7. The second-order valence-electron chi connectivity index (χ2n) is 11.7. The van der Waals surface area contributed by atoms with Gasteiger partial charge in [-0.15, -0.1) is 0 Å². The number of hydrogen-bond acceptors (Lipinski definition) is 5. The summed E-state index contributed by atoms with van der Waals surface area (Å²) in [5, 5.41) is 19.4. The first kappa shape index (κ1) is 30.2. The average Bonchev–Trinajstić information content (AvgIpc) is 2.71. The summed E-state index contributed by atoms with van der Waals surface area (Å²) in [5.74, 6) is 1.75. The van der Waals surface area contributed by atoms with Crippen molar-refractivity contribution in [3.05, 3.63) is 59.7 Å². The molecule has 0 aromatic heterocycles. The van der Waals surface area contributed by atoms with E-state index in [-0.39, 0.29) is 21.7 Å². The van der Waals surface area contributed by atoms with Gasteiger partial charge in [0.25, 0.3) is 0 Å². The molecule has 0 bridgehead atoms. The summed E-state index contributed by atoms with van der Waals surface area (Å²) in [6, 6.07) is 14.8. The van der Waals surface area contributed by atoms with Crippen molar-refractivity contribution in [1.82, 2.24) is 0 Å². The number of hydrogen-bond donors (Lipinski definition) is 4. The molecule has 6 N–H and O–H groups in total. The van der Waals surface area contributed by atoms with Gasteiger partial charge >= 0.3 is 0 Å². The van der Waals surface area contributed by atoms with Gasteiger partial charge in [0.1, 0.15) is 17.3 Å². The van der Waals surface area contributed by atoms with Gasteiger partial charge in [-0.2, -0.15) is 0 Å². The molecule has 0 spiro atoms. The summed E-state index contributed by atoms with van der Waals surface area (Å²) >= 11 is 0. The lowest BCUT2D eigenvalue weighted by atomic mass is 10.2. The van der Waals surface area contributed by atoms with Gasteiger partial charge in [0.2, 0.25) is 16.6 Å². The van der Waals surface area contributed by atoms with Crippen LogP contribution in [0.15, 0.2) is 53.7 Å². The zero-order valence-corrected chi connectivity index (χ0v) is 25.0. The maximum absolute atomic E-state index is 8.67. The van der Waals surface area contributed by atoms with Crippen molar-refractivity contribution in [1.29, 1.82) is 5.41 Å². The fourth-order valence-electron chi connectivity index (χ4n) is 2.40. The monoisotopic (exact) mass is 516 g/mol. The maximum Gasteiger partial charge on any atom is 0.250 e. The highest BCUT2D eigenvalue weighted by molar-refractivity contribution is 6.75. The molecule has 2 rings (SSSR count). The summed E-state index contributed by atoms with van der Waals surface area (Å²) in [5.41, 5.74) is 12.4. The van der Waals surface area contributed by atoms with Gasteiger partial charge in [-0.3, -0.25) is 5.41 Å². The van der Waals surface area contributed by atoms with Crippen LogP contribution in [0.3, 0.4) is 0 Å². The van der Waals surface area contributed by atoms with E-state index < -0.39 is 16.6 Å². The first-order valence-corrected chi connectivity index (χ1v) is 17.5. The van der Waals surface area contributed by atoms with Crippen molar-refractivity contribution >= 4 is 28.3 Å². The van der Waals surface area contributed by atoms with Crippen LogP contribution in [0, 0.1) is 5.41 Å². The van der Waals surface area contributed by atoms with Crippen molar-refractivity contribution in [3.63, 3.8) is 0 Å². The Labute approximate surface area is 213 Å². The molecule has 0 saturated carbocycles. The van der Waals surface area contributed by atoms with Crippen molar-refractivity contribution in [2.75, 3.05) is 0 Å². The lowest BCUT2D eigenvalue weighted by molar-refractivity contribution is 0.318. The van der Waals surface area contributed by atoms with Crippen LogP contribution >= 0.6 is 0 Å². The highest BCUT2D eigenvalue weighted by atomic mass is 28.4. The molecular weight excluding hydrogens is 472 g/mol. The lowest BCUT2D eigenvalue weighted by Crippen LogP contribution is -2.43. The average molecular weight is 517 g/mol. The van der Waals surface area contributed by atoms with Gasteiger partial charge in [-0.05, 0) is 60.5 Å². The first-order chi connectivity index (χ1) is 15.8. The Morgan fingerprint density at radius 3 is 1.49 bits per heavy atom. The summed E-state index contributed by atoms with van der Waals surface area (Å²) in [6.45, 7) is 21.9. The Morgan fingerprint density at radius 1 is 0.771 bits per heavy atom. The van der Waals surface area contributed by atoms with Gasteiger partial charge in [0.15, 0.2) is 5.84 Å². The number of rotatable bonds is 6. The molecule has 0 unspecified atom stereocenters. The van der Waals surface area contributed by atoms with E-state index in [9.17, 15) is 0 Å². The molecule has 0 aliphatic heterocycles. The third kappa shape index (κ3) is 8.74. The predicted octanol–water partition coefficient (Wildman–Crippen LogP) is 6.52. The van der Waals surface area contributed by atoms with E-state index in [0.717, 1.165) is 11.5 Å². The fraction of sp³-hybridized carbons (Fsp3) is 0.462. The van der Waals surface area contributed by atoms with Crippen molar-refractivity contribution in [2.45, 2.75) is 77.8 Å². The summed E-state index contributed by atoms with van der Waals surface area (Å²) in [7, 11) is -3.67. The third-order valence-electron chi connectivity index (χ3n) is 6.74. The summed E-state index contributed by atoms with van der Waals surface area (Å²) < 4.78 is 12.3. The van der Waals surface area contributed by atoms with Gasteiger partial charge in [-0.25, -0.2) is 0 Å². The van der Waals surface area contributed by atoms with Crippen LogP contribution in [0.2, 0.25) is 36.3 Å².